The molecule has 0 amide bonds. The van der Waals surface area contributed by atoms with Gasteiger partial charge in [-0.2, -0.15) is 0 Å². The molecule has 3 aliphatic heterocycles. The highest BCUT2D eigenvalue weighted by Gasteiger charge is 2.60. The van der Waals surface area contributed by atoms with Crippen LogP contribution in [0.3, 0.4) is 0 Å². The number of fused-ring (bicyclic) bond motifs is 3. The van der Waals surface area contributed by atoms with Gasteiger partial charge in [-0.3, -0.25) is 0 Å². The molecule has 3 saturated heterocycles. The smallest absolute Gasteiger partial charge is 0.191 e. The Labute approximate surface area is 113 Å². The van der Waals surface area contributed by atoms with Crippen molar-refractivity contribution >= 4 is 0 Å². The summed E-state index contributed by atoms with van der Waals surface area (Å²) in [5.74, 6) is 4.56. The monoisotopic (exact) mass is 268 g/mol. The molecule has 0 aliphatic carbocycles. The summed E-state index contributed by atoms with van der Waals surface area (Å²) < 4.78 is 29.4. The molecule has 106 valence electrons. The molecule has 0 aromatic carbocycles. The van der Waals surface area contributed by atoms with Gasteiger partial charge in [0.1, 0.15) is 24.4 Å². The van der Waals surface area contributed by atoms with Gasteiger partial charge in [0.2, 0.25) is 0 Å². The molecule has 5 nitrogen and oxygen atoms in total. The summed E-state index contributed by atoms with van der Waals surface area (Å²) in [6.07, 6.45) is -1.56. The van der Waals surface area contributed by atoms with Crippen molar-refractivity contribution in [2.24, 2.45) is 0 Å². The fourth-order valence-corrected chi connectivity index (χ4v) is 2.87. The van der Waals surface area contributed by atoms with Crippen LogP contribution in [0.2, 0.25) is 0 Å². The van der Waals surface area contributed by atoms with Crippen molar-refractivity contribution < 1.29 is 23.7 Å². The Morgan fingerprint density at radius 1 is 0.789 bits per heavy atom. The first-order chi connectivity index (χ1) is 8.81. The number of ether oxygens (including phenoxy) is 5. The molecule has 3 rings (SSSR count). The first kappa shape index (κ1) is 13.3. The minimum Gasteiger partial charge on any atom is -0.341 e. The lowest BCUT2D eigenvalue weighted by Gasteiger charge is -2.34. The van der Waals surface area contributed by atoms with Gasteiger partial charge in [-0.15, -0.1) is 5.92 Å². The molecule has 0 saturated carbocycles. The summed E-state index contributed by atoms with van der Waals surface area (Å²) in [6.45, 7) is 9.28. The van der Waals surface area contributed by atoms with E-state index in [2.05, 4.69) is 11.8 Å². The van der Waals surface area contributed by atoms with Gasteiger partial charge < -0.3 is 23.7 Å². The number of rotatable bonds is 0. The number of hydrogen-bond acceptors (Lipinski definition) is 5. The van der Waals surface area contributed by atoms with Crippen LogP contribution in [0.15, 0.2) is 0 Å². The van der Waals surface area contributed by atoms with Gasteiger partial charge in [-0.25, -0.2) is 0 Å². The van der Waals surface area contributed by atoms with Crippen molar-refractivity contribution in [2.45, 2.75) is 76.9 Å². The maximum atomic E-state index is 5.96. The second-order valence-electron chi connectivity index (χ2n) is 5.98. The molecular weight excluding hydrogens is 248 g/mol. The lowest BCUT2D eigenvalue weighted by atomic mass is 9.99. The van der Waals surface area contributed by atoms with Gasteiger partial charge >= 0.3 is 0 Å². The van der Waals surface area contributed by atoms with E-state index in [9.17, 15) is 0 Å². The van der Waals surface area contributed by atoms with E-state index >= 15 is 0 Å². The molecule has 0 aromatic heterocycles. The average Bonchev–Trinajstić information content (AvgIpc) is 2.74. The molecule has 0 N–H and O–H groups in total. The van der Waals surface area contributed by atoms with E-state index in [0.29, 0.717) is 0 Å². The van der Waals surface area contributed by atoms with Gasteiger partial charge in [0.05, 0.1) is 0 Å². The summed E-state index contributed by atoms with van der Waals surface area (Å²) >= 11 is 0. The minimum absolute atomic E-state index is 0.221. The summed E-state index contributed by atoms with van der Waals surface area (Å²) in [6, 6.07) is 0. The Hall–Kier alpha value is -0.640. The molecule has 0 radical (unpaired) electrons. The van der Waals surface area contributed by atoms with E-state index in [0.717, 1.165) is 0 Å². The van der Waals surface area contributed by atoms with Crippen molar-refractivity contribution in [3.8, 4) is 11.8 Å². The van der Waals surface area contributed by atoms with Crippen LogP contribution in [0.1, 0.15) is 34.6 Å². The molecule has 5 atom stereocenters. The molecule has 3 heterocycles. The second-order valence-corrected chi connectivity index (χ2v) is 5.98. The minimum atomic E-state index is -0.676. The van der Waals surface area contributed by atoms with Crippen LogP contribution in [0.25, 0.3) is 0 Å². The summed E-state index contributed by atoms with van der Waals surface area (Å²) in [5, 5.41) is 0. The zero-order valence-electron chi connectivity index (χ0n) is 11.9. The highest BCUT2D eigenvalue weighted by atomic mass is 16.9. The third-order valence-corrected chi connectivity index (χ3v) is 3.44. The first-order valence-corrected chi connectivity index (χ1v) is 6.60. The molecule has 3 aliphatic rings. The second kappa shape index (κ2) is 4.18. The normalized spacial score (nSPS) is 46.1. The van der Waals surface area contributed by atoms with Crippen LogP contribution in [0, 0.1) is 11.8 Å². The Morgan fingerprint density at radius 2 is 1.37 bits per heavy atom. The Kier molecular flexibility index (Phi) is 2.93. The van der Waals surface area contributed by atoms with E-state index in [4.69, 9.17) is 23.7 Å². The molecule has 0 bridgehead atoms. The third-order valence-electron chi connectivity index (χ3n) is 3.44. The van der Waals surface area contributed by atoms with Gasteiger partial charge in [0, 0.05) is 0 Å². The van der Waals surface area contributed by atoms with Gasteiger partial charge in [-0.1, -0.05) is 5.92 Å². The van der Waals surface area contributed by atoms with Crippen molar-refractivity contribution in [3.05, 3.63) is 0 Å². The van der Waals surface area contributed by atoms with Crippen molar-refractivity contribution in [1.29, 1.82) is 0 Å². The molecule has 0 spiro atoms. The van der Waals surface area contributed by atoms with Crippen molar-refractivity contribution in [3.63, 3.8) is 0 Å². The first-order valence-electron chi connectivity index (χ1n) is 6.60. The third kappa shape index (κ3) is 2.28. The lowest BCUT2D eigenvalue weighted by molar-refractivity contribution is -0.220. The summed E-state index contributed by atoms with van der Waals surface area (Å²) in [4.78, 5) is 0. The van der Waals surface area contributed by atoms with Crippen LogP contribution in [-0.2, 0) is 23.7 Å². The Balaban J connectivity index is 1.90. The molecule has 19 heavy (non-hydrogen) atoms. The average molecular weight is 268 g/mol. The topological polar surface area (TPSA) is 46.2 Å². The Morgan fingerprint density at radius 3 is 2.05 bits per heavy atom. The number of hydrogen-bond donors (Lipinski definition) is 0. The maximum Gasteiger partial charge on any atom is 0.191 e. The van der Waals surface area contributed by atoms with Crippen LogP contribution < -0.4 is 0 Å². The van der Waals surface area contributed by atoms with Crippen LogP contribution in [0.5, 0.6) is 0 Å². The summed E-state index contributed by atoms with van der Waals surface area (Å²) in [5.41, 5.74) is 0. The van der Waals surface area contributed by atoms with Crippen LogP contribution >= 0.6 is 0 Å². The lowest BCUT2D eigenvalue weighted by Crippen LogP contribution is -2.54. The molecule has 3 fully saturated rings. The fraction of sp³-hybridized carbons (Fsp3) is 0.857. The zero-order chi connectivity index (χ0) is 13.8. The van der Waals surface area contributed by atoms with Crippen LogP contribution in [0.4, 0.5) is 0 Å². The van der Waals surface area contributed by atoms with Crippen molar-refractivity contribution in [1.82, 2.24) is 0 Å². The standard InChI is InChI=1S/C14H20O5/c1-6-7-8-9-10(17-13(2,3)16-9)11-12(15-8)19-14(4,5)18-11/h8-12H,1-5H3/t8-,9+,10?,11-,12?/m0/s1. The van der Waals surface area contributed by atoms with Crippen molar-refractivity contribution in [2.75, 3.05) is 0 Å². The summed E-state index contributed by atoms with van der Waals surface area (Å²) in [7, 11) is 0. The predicted molar refractivity (Wildman–Crippen MR) is 66.0 cm³/mol. The highest BCUT2D eigenvalue weighted by molar-refractivity contribution is 5.13. The largest absolute Gasteiger partial charge is 0.341 e. The highest BCUT2D eigenvalue weighted by Crippen LogP contribution is 2.43. The van der Waals surface area contributed by atoms with E-state index in [1.165, 1.54) is 0 Å². The van der Waals surface area contributed by atoms with E-state index in [-0.39, 0.29) is 24.4 Å². The van der Waals surface area contributed by atoms with E-state index < -0.39 is 17.9 Å². The quantitative estimate of drug-likeness (QED) is 0.622. The predicted octanol–water partition coefficient (Wildman–Crippen LogP) is 1.41. The molecule has 2 unspecified atom stereocenters. The van der Waals surface area contributed by atoms with Gasteiger partial charge in [0.25, 0.3) is 0 Å². The van der Waals surface area contributed by atoms with Gasteiger partial charge in [-0.05, 0) is 34.6 Å². The SMILES string of the molecule is CC#C[C@@H]1OC2OC(C)(C)O[C@H]2C2OC(C)(C)O[C@@H]21. The zero-order valence-corrected chi connectivity index (χ0v) is 11.9. The van der Waals surface area contributed by atoms with Crippen LogP contribution in [-0.4, -0.2) is 42.3 Å². The molecule has 0 aromatic rings. The molecular formula is C14H20O5. The van der Waals surface area contributed by atoms with Gasteiger partial charge in [0.15, 0.2) is 17.9 Å². The van der Waals surface area contributed by atoms with E-state index in [1.54, 1.807) is 6.92 Å². The Bertz CT molecular complexity index is 433. The molecule has 5 heteroatoms. The fourth-order valence-electron chi connectivity index (χ4n) is 2.87. The maximum absolute atomic E-state index is 5.96. The van der Waals surface area contributed by atoms with E-state index in [1.807, 2.05) is 27.7 Å².